The summed E-state index contributed by atoms with van der Waals surface area (Å²) in [6.07, 6.45) is 78.1. The molecule has 0 amide bonds. The average Bonchev–Trinajstić information content (AvgIpc) is 3.33. The molecule has 0 aliphatic heterocycles. The van der Waals surface area contributed by atoms with Gasteiger partial charge in [0.25, 0.3) is 0 Å². The minimum Gasteiger partial charge on any atom is -0.462 e. The SMILES string of the molecule is CC/C=C\C/C=C\C/C=C\C/C=C\C/C=C\CCCCCC(=O)OCC(COC(=O)CC/C=C\C/C=C\C/C=C\C/C=C\CC)OC(=O)CCCCCC/C=C\C/C=C\C/C=C\C/C=C\CC. The lowest BCUT2D eigenvalue weighted by atomic mass is 10.1. The van der Waals surface area contributed by atoms with E-state index in [0.29, 0.717) is 19.3 Å². The molecule has 6 heteroatoms. The predicted molar refractivity (Wildman–Crippen MR) is 288 cm³/mol. The first-order valence-electron chi connectivity index (χ1n) is 26.0. The number of esters is 3. The van der Waals surface area contributed by atoms with E-state index in [0.717, 1.165) is 135 Å². The number of unbranched alkanes of at least 4 members (excludes halogenated alkanes) is 7. The summed E-state index contributed by atoms with van der Waals surface area (Å²) in [5.74, 6) is -1.09. The van der Waals surface area contributed by atoms with Crippen molar-refractivity contribution in [2.75, 3.05) is 13.2 Å². The maximum absolute atomic E-state index is 12.8. The number of rotatable bonds is 44. The summed E-state index contributed by atoms with van der Waals surface area (Å²) in [5, 5.41) is 0. The lowest BCUT2D eigenvalue weighted by Gasteiger charge is -2.18. The normalized spacial score (nSPS) is 13.4. The van der Waals surface area contributed by atoms with Gasteiger partial charge in [-0.15, -0.1) is 0 Å². The Labute approximate surface area is 409 Å². The van der Waals surface area contributed by atoms with Gasteiger partial charge in [0.05, 0.1) is 0 Å². The van der Waals surface area contributed by atoms with Gasteiger partial charge in [-0.25, -0.2) is 0 Å². The topological polar surface area (TPSA) is 78.9 Å². The van der Waals surface area contributed by atoms with Crippen LogP contribution in [-0.4, -0.2) is 37.2 Å². The van der Waals surface area contributed by atoms with Crippen LogP contribution in [0.4, 0.5) is 0 Å². The molecular weight excluding hydrogens is 829 g/mol. The van der Waals surface area contributed by atoms with Crippen LogP contribution in [0.1, 0.15) is 188 Å². The second-order valence-corrected chi connectivity index (χ2v) is 16.3. The van der Waals surface area contributed by atoms with Crippen LogP contribution in [0.25, 0.3) is 0 Å². The van der Waals surface area contributed by atoms with Crippen molar-refractivity contribution >= 4 is 17.9 Å². The summed E-state index contributed by atoms with van der Waals surface area (Å²) in [5.41, 5.74) is 0. The third-order valence-corrected chi connectivity index (χ3v) is 10.0. The van der Waals surface area contributed by atoms with Crippen molar-refractivity contribution in [3.8, 4) is 0 Å². The molecule has 0 heterocycles. The third-order valence-electron chi connectivity index (χ3n) is 10.0. The molecule has 0 spiro atoms. The van der Waals surface area contributed by atoms with Crippen LogP contribution in [0.5, 0.6) is 0 Å². The quantitative estimate of drug-likeness (QED) is 0.0262. The van der Waals surface area contributed by atoms with E-state index in [9.17, 15) is 14.4 Å². The van der Waals surface area contributed by atoms with E-state index in [1.54, 1.807) is 0 Å². The number of carbonyl (C=O) groups excluding carboxylic acids is 3. The van der Waals surface area contributed by atoms with Gasteiger partial charge in [0.2, 0.25) is 0 Å². The summed E-state index contributed by atoms with van der Waals surface area (Å²) in [6.45, 7) is 6.15. The molecule has 0 radical (unpaired) electrons. The van der Waals surface area contributed by atoms with Crippen molar-refractivity contribution in [3.63, 3.8) is 0 Å². The molecule has 67 heavy (non-hydrogen) atoms. The van der Waals surface area contributed by atoms with Crippen LogP contribution in [-0.2, 0) is 28.6 Å². The van der Waals surface area contributed by atoms with Crippen molar-refractivity contribution in [3.05, 3.63) is 158 Å². The fraction of sp³-hybridized carbons (Fsp3) is 0.525. The van der Waals surface area contributed by atoms with Crippen LogP contribution >= 0.6 is 0 Å². The van der Waals surface area contributed by atoms with Crippen LogP contribution in [0.2, 0.25) is 0 Å². The minimum atomic E-state index is -0.841. The molecule has 372 valence electrons. The van der Waals surface area contributed by atoms with Gasteiger partial charge < -0.3 is 14.2 Å². The Hall–Kier alpha value is -4.97. The molecule has 0 aliphatic carbocycles. The first-order chi connectivity index (χ1) is 33.0. The van der Waals surface area contributed by atoms with Gasteiger partial charge >= 0.3 is 17.9 Å². The molecule has 0 fully saturated rings. The summed E-state index contributed by atoms with van der Waals surface area (Å²) >= 11 is 0. The van der Waals surface area contributed by atoms with Crippen LogP contribution < -0.4 is 0 Å². The van der Waals surface area contributed by atoms with Gasteiger partial charge in [-0.05, 0) is 128 Å². The fourth-order valence-electron chi connectivity index (χ4n) is 6.24. The highest BCUT2D eigenvalue weighted by Crippen LogP contribution is 2.11. The standard InChI is InChI=1S/C61H92O6/c1-4-7-10-13-16-19-22-25-27-29-30-32-33-36-39-42-45-48-51-54-60(63)66-57-58(56-65-59(62)53-50-47-44-41-38-35-24-21-18-15-12-9-6-3)67-61(64)55-52-49-46-43-40-37-34-31-28-26-23-20-17-14-11-8-5-2/h7-12,16-21,25-28,30,32,34-39,44,47,58H,4-6,13-15,22-24,29,31,33,40-43,45-46,48-57H2,1-3H3/b10-7-,11-8-,12-9-,19-16-,20-17-,21-18-,27-25-,28-26-,32-30-,37-34-,38-35-,39-36-,47-44-. The van der Waals surface area contributed by atoms with Gasteiger partial charge in [0.1, 0.15) is 13.2 Å². The van der Waals surface area contributed by atoms with E-state index >= 15 is 0 Å². The Bertz CT molecular complexity index is 1570. The molecule has 0 saturated heterocycles. The highest BCUT2D eigenvalue weighted by molar-refractivity contribution is 5.71. The molecule has 6 nitrogen and oxygen atoms in total. The van der Waals surface area contributed by atoms with E-state index in [1.807, 2.05) is 12.2 Å². The third kappa shape index (κ3) is 51.9. The minimum absolute atomic E-state index is 0.135. The zero-order valence-corrected chi connectivity index (χ0v) is 42.3. The molecule has 1 unspecified atom stereocenters. The summed E-state index contributed by atoms with van der Waals surface area (Å²) in [7, 11) is 0. The Kier molecular flexibility index (Phi) is 49.7. The lowest BCUT2D eigenvalue weighted by molar-refractivity contribution is -0.166. The van der Waals surface area contributed by atoms with Crippen molar-refractivity contribution in [1.82, 2.24) is 0 Å². The number of carbonyl (C=O) groups is 3. The zero-order chi connectivity index (χ0) is 48.6. The molecule has 1 atom stereocenters. The fourth-order valence-corrected chi connectivity index (χ4v) is 6.24. The van der Waals surface area contributed by atoms with Crippen molar-refractivity contribution in [2.24, 2.45) is 0 Å². The molecule has 0 saturated carbocycles. The summed E-state index contributed by atoms with van der Waals surface area (Å²) in [4.78, 5) is 38.0. The van der Waals surface area contributed by atoms with Gasteiger partial charge in [-0.2, -0.15) is 0 Å². The number of hydrogen-bond donors (Lipinski definition) is 0. The predicted octanol–water partition coefficient (Wildman–Crippen LogP) is 17.4. The maximum atomic E-state index is 12.8. The lowest BCUT2D eigenvalue weighted by Crippen LogP contribution is -2.30. The Morgan fingerprint density at radius 2 is 0.567 bits per heavy atom. The maximum Gasteiger partial charge on any atom is 0.306 e. The van der Waals surface area contributed by atoms with Crippen LogP contribution in [0.3, 0.4) is 0 Å². The molecule has 0 aromatic rings. The second-order valence-electron chi connectivity index (χ2n) is 16.3. The first kappa shape index (κ1) is 62.0. The van der Waals surface area contributed by atoms with Gasteiger partial charge in [0.15, 0.2) is 6.10 Å². The zero-order valence-electron chi connectivity index (χ0n) is 42.3. The van der Waals surface area contributed by atoms with E-state index in [2.05, 4.69) is 167 Å². The Morgan fingerprint density at radius 3 is 0.925 bits per heavy atom. The van der Waals surface area contributed by atoms with E-state index in [4.69, 9.17) is 14.2 Å². The van der Waals surface area contributed by atoms with Crippen molar-refractivity contribution < 1.29 is 28.6 Å². The van der Waals surface area contributed by atoms with Crippen LogP contribution in [0, 0.1) is 0 Å². The average molecular weight is 921 g/mol. The Balaban J connectivity index is 4.60. The second kappa shape index (κ2) is 53.6. The molecular formula is C61H92O6. The van der Waals surface area contributed by atoms with Gasteiger partial charge in [0, 0.05) is 19.3 Å². The summed E-state index contributed by atoms with van der Waals surface area (Å²) < 4.78 is 16.7. The molecule has 0 bridgehead atoms. The highest BCUT2D eigenvalue weighted by atomic mass is 16.6. The van der Waals surface area contributed by atoms with Crippen molar-refractivity contribution in [2.45, 2.75) is 194 Å². The monoisotopic (exact) mass is 921 g/mol. The highest BCUT2D eigenvalue weighted by Gasteiger charge is 2.19. The first-order valence-corrected chi connectivity index (χ1v) is 26.0. The molecule has 0 aromatic heterocycles. The molecule has 0 rings (SSSR count). The largest absolute Gasteiger partial charge is 0.462 e. The molecule has 0 aromatic carbocycles. The molecule has 0 N–H and O–H groups in total. The van der Waals surface area contributed by atoms with E-state index in [-0.39, 0.29) is 44.0 Å². The Morgan fingerprint density at radius 1 is 0.299 bits per heavy atom. The van der Waals surface area contributed by atoms with Gasteiger partial charge in [-0.1, -0.05) is 198 Å². The molecule has 0 aliphatic rings. The van der Waals surface area contributed by atoms with Crippen molar-refractivity contribution in [1.29, 1.82) is 0 Å². The van der Waals surface area contributed by atoms with E-state index in [1.165, 1.54) is 0 Å². The van der Waals surface area contributed by atoms with Gasteiger partial charge in [-0.3, -0.25) is 14.4 Å². The summed E-state index contributed by atoms with van der Waals surface area (Å²) in [6, 6.07) is 0. The smallest absolute Gasteiger partial charge is 0.306 e. The van der Waals surface area contributed by atoms with Crippen LogP contribution in [0.15, 0.2) is 158 Å². The number of hydrogen-bond acceptors (Lipinski definition) is 6. The number of ether oxygens (including phenoxy) is 3. The van der Waals surface area contributed by atoms with E-state index < -0.39 is 6.10 Å². The number of allylic oxidation sites excluding steroid dienone is 26.